The Morgan fingerprint density at radius 2 is 2.00 bits per heavy atom. The number of thioether (sulfide) groups is 1. The van der Waals surface area contributed by atoms with Crippen LogP contribution in [0.15, 0.2) is 35.2 Å². The van der Waals surface area contributed by atoms with Gasteiger partial charge in [0.2, 0.25) is 0 Å². The van der Waals surface area contributed by atoms with Gasteiger partial charge in [0.1, 0.15) is 0 Å². The Labute approximate surface area is 111 Å². The van der Waals surface area contributed by atoms with Crippen LogP contribution in [0.25, 0.3) is 0 Å². The van der Waals surface area contributed by atoms with E-state index < -0.39 is 0 Å². The van der Waals surface area contributed by atoms with Gasteiger partial charge < -0.3 is 0 Å². The fourth-order valence-corrected chi connectivity index (χ4v) is 4.24. The Morgan fingerprint density at radius 1 is 1.19 bits per heavy atom. The van der Waals surface area contributed by atoms with E-state index in [1.54, 1.807) is 0 Å². The third kappa shape index (κ3) is 4.14. The largest absolute Gasteiger partial charge is 0.126 e. The lowest BCUT2D eigenvalue weighted by Crippen LogP contribution is -2.15. The van der Waals surface area contributed by atoms with Gasteiger partial charge in [-0.1, -0.05) is 47.0 Å². The molecule has 2 unspecified atom stereocenters. The molecular weight excluding hydrogens is 280 g/mol. The molecule has 1 aromatic carbocycles. The lowest BCUT2D eigenvalue weighted by atomic mass is 9.87. The van der Waals surface area contributed by atoms with Crippen LogP contribution in [0, 0.1) is 5.92 Å². The van der Waals surface area contributed by atoms with E-state index >= 15 is 0 Å². The highest BCUT2D eigenvalue weighted by atomic mass is 79.9. The van der Waals surface area contributed by atoms with Crippen molar-refractivity contribution in [2.45, 2.75) is 41.8 Å². The highest BCUT2D eigenvalue weighted by molar-refractivity contribution is 9.09. The Bertz CT molecular complexity index is 299. The van der Waals surface area contributed by atoms with Crippen molar-refractivity contribution in [3.05, 3.63) is 30.3 Å². The number of halogens is 1. The third-order valence-electron chi connectivity index (χ3n) is 3.26. The van der Waals surface area contributed by atoms with Crippen LogP contribution < -0.4 is 0 Å². The molecule has 0 aromatic heterocycles. The van der Waals surface area contributed by atoms with Crippen LogP contribution in [0.2, 0.25) is 0 Å². The Balaban J connectivity index is 1.68. The molecule has 88 valence electrons. The molecule has 0 saturated heterocycles. The van der Waals surface area contributed by atoms with Gasteiger partial charge in [-0.05, 0) is 43.1 Å². The quantitative estimate of drug-likeness (QED) is 0.549. The first kappa shape index (κ1) is 12.5. The Morgan fingerprint density at radius 3 is 2.75 bits per heavy atom. The molecule has 1 aliphatic rings. The Hall–Kier alpha value is 0.0500. The molecule has 2 atom stereocenters. The van der Waals surface area contributed by atoms with Gasteiger partial charge in [-0.15, -0.1) is 11.8 Å². The van der Waals surface area contributed by atoms with Gasteiger partial charge in [-0.2, -0.15) is 0 Å². The maximum Gasteiger partial charge on any atom is 0.0148 e. The molecule has 1 fully saturated rings. The molecule has 0 nitrogen and oxygen atoms in total. The molecule has 1 aromatic rings. The minimum atomic E-state index is 0.785. The van der Waals surface area contributed by atoms with Gasteiger partial charge in [0.05, 0.1) is 0 Å². The lowest BCUT2D eigenvalue weighted by Gasteiger charge is -2.25. The van der Waals surface area contributed by atoms with Gasteiger partial charge in [0, 0.05) is 9.72 Å². The molecule has 0 N–H and O–H groups in total. The summed E-state index contributed by atoms with van der Waals surface area (Å²) in [6.07, 6.45) is 6.99. The van der Waals surface area contributed by atoms with Crippen molar-refractivity contribution in [2.24, 2.45) is 5.92 Å². The van der Waals surface area contributed by atoms with Crippen LogP contribution in [0.4, 0.5) is 0 Å². The molecule has 0 spiro atoms. The SMILES string of the molecule is BrC1CCCC(CCSc2ccccc2)C1. The second-order valence-corrected chi connectivity index (χ2v) is 7.04. The average Bonchev–Trinajstić information content (AvgIpc) is 2.30. The smallest absolute Gasteiger partial charge is 0.0148 e. The second-order valence-electron chi connectivity index (χ2n) is 4.58. The zero-order valence-electron chi connectivity index (χ0n) is 9.57. The van der Waals surface area contributed by atoms with Crippen molar-refractivity contribution >= 4 is 27.7 Å². The summed E-state index contributed by atoms with van der Waals surface area (Å²) in [6, 6.07) is 10.7. The summed E-state index contributed by atoms with van der Waals surface area (Å²) in [5.41, 5.74) is 0. The van der Waals surface area contributed by atoms with Gasteiger partial charge in [-0.25, -0.2) is 0 Å². The summed E-state index contributed by atoms with van der Waals surface area (Å²) in [5.74, 6) is 2.23. The maximum absolute atomic E-state index is 3.76. The highest BCUT2D eigenvalue weighted by Crippen LogP contribution is 2.32. The fraction of sp³-hybridized carbons (Fsp3) is 0.571. The van der Waals surface area contributed by atoms with Gasteiger partial charge in [0.25, 0.3) is 0 Å². The van der Waals surface area contributed by atoms with E-state index in [0.29, 0.717) is 0 Å². The van der Waals surface area contributed by atoms with Crippen molar-refractivity contribution < 1.29 is 0 Å². The summed E-state index contributed by atoms with van der Waals surface area (Å²) in [7, 11) is 0. The van der Waals surface area contributed by atoms with E-state index in [1.807, 2.05) is 11.8 Å². The molecule has 0 aliphatic heterocycles. The number of hydrogen-bond acceptors (Lipinski definition) is 1. The van der Waals surface area contributed by atoms with Crippen LogP contribution in [0.5, 0.6) is 0 Å². The first-order chi connectivity index (χ1) is 7.84. The summed E-state index contributed by atoms with van der Waals surface area (Å²) < 4.78 is 0. The number of benzene rings is 1. The molecule has 0 amide bonds. The zero-order valence-corrected chi connectivity index (χ0v) is 12.0. The van der Waals surface area contributed by atoms with Crippen molar-refractivity contribution in [1.82, 2.24) is 0 Å². The molecule has 1 aliphatic carbocycles. The van der Waals surface area contributed by atoms with E-state index in [-0.39, 0.29) is 0 Å². The molecule has 2 heteroatoms. The Kier molecular flexibility index (Phi) is 5.24. The topological polar surface area (TPSA) is 0 Å². The van der Waals surface area contributed by atoms with Gasteiger partial charge in [0.15, 0.2) is 0 Å². The molecule has 0 bridgehead atoms. The van der Waals surface area contributed by atoms with Crippen molar-refractivity contribution in [1.29, 1.82) is 0 Å². The fourth-order valence-electron chi connectivity index (χ4n) is 2.35. The number of hydrogen-bond donors (Lipinski definition) is 0. The number of alkyl halides is 1. The van der Waals surface area contributed by atoms with Crippen LogP contribution in [-0.4, -0.2) is 10.6 Å². The molecular formula is C14H19BrS. The summed E-state index contributed by atoms with van der Waals surface area (Å²) >= 11 is 5.76. The lowest BCUT2D eigenvalue weighted by molar-refractivity contribution is 0.362. The summed E-state index contributed by atoms with van der Waals surface area (Å²) in [6.45, 7) is 0. The molecule has 2 rings (SSSR count). The summed E-state index contributed by atoms with van der Waals surface area (Å²) in [5, 5.41) is 0. The van der Waals surface area contributed by atoms with E-state index in [9.17, 15) is 0 Å². The average molecular weight is 299 g/mol. The maximum atomic E-state index is 3.76. The van der Waals surface area contributed by atoms with E-state index in [2.05, 4.69) is 46.3 Å². The first-order valence-corrected chi connectivity index (χ1v) is 8.06. The zero-order chi connectivity index (χ0) is 11.2. The summed E-state index contributed by atoms with van der Waals surface area (Å²) in [4.78, 5) is 2.20. The van der Waals surface area contributed by atoms with Crippen LogP contribution in [-0.2, 0) is 0 Å². The van der Waals surface area contributed by atoms with Crippen LogP contribution in [0.1, 0.15) is 32.1 Å². The van der Waals surface area contributed by atoms with Gasteiger partial charge >= 0.3 is 0 Å². The second kappa shape index (κ2) is 6.70. The molecule has 1 saturated carbocycles. The predicted molar refractivity (Wildman–Crippen MR) is 76.5 cm³/mol. The van der Waals surface area contributed by atoms with Gasteiger partial charge in [-0.3, -0.25) is 0 Å². The minimum Gasteiger partial charge on any atom is -0.126 e. The highest BCUT2D eigenvalue weighted by Gasteiger charge is 2.19. The predicted octanol–water partition coefficient (Wildman–Crippen LogP) is 5.12. The molecule has 0 heterocycles. The molecule has 16 heavy (non-hydrogen) atoms. The standard InChI is InChI=1S/C14H19BrS/c15-13-6-4-5-12(11-13)9-10-16-14-7-2-1-3-8-14/h1-3,7-8,12-13H,4-6,9-11H2. The number of rotatable bonds is 4. The third-order valence-corrected chi connectivity index (χ3v) is 5.13. The first-order valence-electron chi connectivity index (χ1n) is 6.16. The van der Waals surface area contributed by atoms with Crippen LogP contribution in [0.3, 0.4) is 0 Å². The normalized spacial score (nSPS) is 25.6. The van der Waals surface area contributed by atoms with Crippen LogP contribution >= 0.6 is 27.7 Å². The van der Waals surface area contributed by atoms with E-state index in [0.717, 1.165) is 10.7 Å². The van der Waals surface area contributed by atoms with Crippen molar-refractivity contribution in [2.75, 3.05) is 5.75 Å². The monoisotopic (exact) mass is 298 g/mol. The van der Waals surface area contributed by atoms with Crippen molar-refractivity contribution in [3.63, 3.8) is 0 Å². The van der Waals surface area contributed by atoms with E-state index in [4.69, 9.17) is 0 Å². The minimum absolute atomic E-state index is 0.785. The molecule has 0 radical (unpaired) electrons. The van der Waals surface area contributed by atoms with Crippen molar-refractivity contribution in [3.8, 4) is 0 Å². The van der Waals surface area contributed by atoms with E-state index in [1.165, 1.54) is 42.8 Å².